The summed E-state index contributed by atoms with van der Waals surface area (Å²) in [6.45, 7) is 2.03. The van der Waals surface area contributed by atoms with E-state index in [1.165, 1.54) is 25.7 Å². The van der Waals surface area contributed by atoms with Crippen molar-refractivity contribution in [2.24, 2.45) is 0 Å². The van der Waals surface area contributed by atoms with E-state index in [0.29, 0.717) is 6.04 Å². The Morgan fingerprint density at radius 2 is 1.95 bits per heavy atom. The zero-order chi connectivity index (χ0) is 14.7. The number of likely N-dealkylation sites (N-methyl/N-ethyl adjacent to an activating group) is 1. The van der Waals surface area contributed by atoms with Gasteiger partial charge in [0.25, 0.3) is 0 Å². The van der Waals surface area contributed by atoms with Gasteiger partial charge in [0, 0.05) is 17.1 Å². The van der Waals surface area contributed by atoms with Gasteiger partial charge in [-0.25, -0.2) is 4.98 Å². The van der Waals surface area contributed by atoms with E-state index >= 15 is 0 Å². The Bertz CT molecular complexity index is 611. The van der Waals surface area contributed by atoms with E-state index < -0.39 is 0 Å². The fourth-order valence-electron chi connectivity index (χ4n) is 3.22. The molecule has 1 N–H and O–H groups in total. The molecule has 0 radical (unpaired) electrons. The Kier molecular flexibility index (Phi) is 4.39. The van der Waals surface area contributed by atoms with E-state index in [0.717, 1.165) is 28.8 Å². The van der Waals surface area contributed by atoms with Crippen LogP contribution >= 0.6 is 0 Å². The maximum Gasteiger partial charge on any atom is 0.146 e. The summed E-state index contributed by atoms with van der Waals surface area (Å²) in [6, 6.07) is 10.8. The number of para-hydroxylation sites is 1. The van der Waals surface area contributed by atoms with Crippen molar-refractivity contribution in [3.63, 3.8) is 0 Å². The van der Waals surface area contributed by atoms with Crippen molar-refractivity contribution >= 4 is 10.9 Å². The monoisotopic (exact) mass is 284 g/mol. The summed E-state index contributed by atoms with van der Waals surface area (Å²) >= 11 is 0. The highest BCUT2D eigenvalue weighted by Gasteiger charge is 2.24. The number of pyridine rings is 1. The van der Waals surface area contributed by atoms with Crippen LogP contribution in [-0.4, -0.2) is 24.2 Å². The molecule has 0 amide bonds. The highest BCUT2D eigenvalue weighted by molar-refractivity contribution is 5.84. The van der Waals surface area contributed by atoms with Gasteiger partial charge in [-0.05, 0) is 45.4 Å². The topological polar surface area (TPSA) is 34.1 Å². The number of hydrogen-bond acceptors (Lipinski definition) is 3. The van der Waals surface area contributed by atoms with Crippen LogP contribution in [0.15, 0.2) is 30.3 Å². The van der Waals surface area contributed by atoms with Crippen molar-refractivity contribution in [2.45, 2.75) is 51.2 Å². The first-order valence-electron chi connectivity index (χ1n) is 7.98. The average Bonchev–Trinajstić information content (AvgIpc) is 2.73. The highest BCUT2D eigenvalue weighted by Crippen LogP contribution is 2.28. The van der Waals surface area contributed by atoms with E-state index in [4.69, 9.17) is 4.74 Å². The number of fused-ring (bicyclic) bond motifs is 1. The third kappa shape index (κ3) is 3.18. The molecule has 1 aromatic heterocycles. The van der Waals surface area contributed by atoms with Gasteiger partial charge in [0.05, 0.1) is 0 Å². The zero-order valence-corrected chi connectivity index (χ0v) is 12.9. The fraction of sp³-hybridized carbons (Fsp3) is 0.500. The largest absolute Gasteiger partial charge is 0.487 e. The highest BCUT2D eigenvalue weighted by atomic mass is 16.5. The summed E-state index contributed by atoms with van der Waals surface area (Å²) in [5.74, 6) is 0.920. The third-order valence-electron chi connectivity index (χ3n) is 4.42. The second-order valence-electron chi connectivity index (χ2n) is 5.97. The maximum atomic E-state index is 6.38. The number of rotatable bonds is 3. The molecule has 2 unspecified atom stereocenters. The van der Waals surface area contributed by atoms with Crippen LogP contribution in [0.4, 0.5) is 0 Å². The Morgan fingerprint density at radius 1 is 1.10 bits per heavy atom. The van der Waals surface area contributed by atoms with E-state index in [9.17, 15) is 0 Å². The number of benzene rings is 1. The van der Waals surface area contributed by atoms with Crippen LogP contribution < -0.4 is 10.1 Å². The molecule has 1 heterocycles. The summed E-state index contributed by atoms with van der Waals surface area (Å²) in [7, 11) is 2.04. The van der Waals surface area contributed by atoms with Crippen molar-refractivity contribution in [2.75, 3.05) is 7.05 Å². The number of ether oxygens (including phenoxy) is 1. The van der Waals surface area contributed by atoms with Crippen LogP contribution in [0.25, 0.3) is 10.9 Å². The van der Waals surface area contributed by atoms with Gasteiger partial charge >= 0.3 is 0 Å². The molecule has 0 spiro atoms. The van der Waals surface area contributed by atoms with Crippen molar-refractivity contribution in [3.05, 3.63) is 36.0 Å². The second kappa shape index (κ2) is 6.44. The van der Waals surface area contributed by atoms with Gasteiger partial charge in [-0.2, -0.15) is 0 Å². The van der Waals surface area contributed by atoms with Gasteiger partial charge in [0.2, 0.25) is 0 Å². The summed E-state index contributed by atoms with van der Waals surface area (Å²) in [5.41, 5.74) is 2.01. The van der Waals surface area contributed by atoms with Crippen LogP contribution in [-0.2, 0) is 0 Å². The smallest absolute Gasteiger partial charge is 0.146 e. The molecule has 1 fully saturated rings. The van der Waals surface area contributed by atoms with Crippen LogP contribution in [0.1, 0.15) is 37.8 Å². The molecule has 1 aliphatic rings. The molecule has 2 atom stereocenters. The Hall–Kier alpha value is -1.61. The van der Waals surface area contributed by atoms with Crippen molar-refractivity contribution in [1.29, 1.82) is 0 Å². The van der Waals surface area contributed by atoms with E-state index in [-0.39, 0.29) is 6.10 Å². The minimum absolute atomic E-state index is 0.241. The molecular weight excluding hydrogens is 260 g/mol. The normalized spacial score (nSPS) is 23.0. The van der Waals surface area contributed by atoms with Crippen LogP contribution in [0.2, 0.25) is 0 Å². The number of nitrogens with zero attached hydrogens (tertiary/aromatic N) is 1. The number of aromatic nitrogens is 1. The molecule has 0 bridgehead atoms. The molecule has 0 aliphatic heterocycles. The molecular formula is C18H24N2O. The second-order valence-corrected chi connectivity index (χ2v) is 5.97. The Morgan fingerprint density at radius 3 is 2.81 bits per heavy atom. The summed E-state index contributed by atoms with van der Waals surface area (Å²) in [6.07, 6.45) is 6.40. The molecule has 3 rings (SSSR count). The first-order chi connectivity index (χ1) is 10.3. The number of nitrogens with one attached hydrogen (secondary N) is 1. The molecule has 3 nitrogen and oxygen atoms in total. The molecule has 21 heavy (non-hydrogen) atoms. The van der Waals surface area contributed by atoms with Gasteiger partial charge in [-0.15, -0.1) is 0 Å². The minimum atomic E-state index is 0.241. The summed E-state index contributed by atoms with van der Waals surface area (Å²) in [5, 5.41) is 4.57. The lowest BCUT2D eigenvalue weighted by atomic mass is 10.1. The molecule has 1 aromatic carbocycles. The van der Waals surface area contributed by atoms with E-state index in [1.54, 1.807) is 0 Å². The zero-order valence-electron chi connectivity index (χ0n) is 12.9. The first-order valence-corrected chi connectivity index (χ1v) is 7.98. The molecule has 1 aliphatic carbocycles. The van der Waals surface area contributed by atoms with Crippen molar-refractivity contribution in [3.8, 4) is 5.75 Å². The predicted molar refractivity (Wildman–Crippen MR) is 86.8 cm³/mol. The number of hydrogen-bond donors (Lipinski definition) is 1. The molecule has 1 saturated carbocycles. The Balaban J connectivity index is 1.91. The van der Waals surface area contributed by atoms with Gasteiger partial charge in [-0.1, -0.05) is 31.0 Å². The van der Waals surface area contributed by atoms with Gasteiger partial charge in [0.15, 0.2) is 0 Å². The van der Waals surface area contributed by atoms with Gasteiger partial charge in [0.1, 0.15) is 17.4 Å². The van der Waals surface area contributed by atoms with Gasteiger partial charge < -0.3 is 10.1 Å². The molecule has 0 saturated heterocycles. The summed E-state index contributed by atoms with van der Waals surface area (Å²) in [4.78, 5) is 4.67. The SMILES string of the molecule is CNC1CCCCCC1Oc1cccc2ccc(C)nc12. The number of aryl methyl sites for hydroxylation is 1. The van der Waals surface area contributed by atoms with Crippen LogP contribution in [0, 0.1) is 6.92 Å². The van der Waals surface area contributed by atoms with Crippen LogP contribution in [0.3, 0.4) is 0 Å². The third-order valence-corrected chi connectivity index (χ3v) is 4.42. The van der Waals surface area contributed by atoms with Crippen molar-refractivity contribution in [1.82, 2.24) is 10.3 Å². The lowest BCUT2D eigenvalue weighted by Crippen LogP contribution is -2.40. The van der Waals surface area contributed by atoms with Crippen molar-refractivity contribution < 1.29 is 4.74 Å². The standard InChI is InChI=1S/C18H24N2O/c1-13-11-12-14-7-6-10-17(18(14)20-13)21-16-9-5-3-4-8-15(16)19-2/h6-7,10-12,15-16,19H,3-5,8-9H2,1-2H3. The van der Waals surface area contributed by atoms with E-state index in [2.05, 4.69) is 28.5 Å². The molecule has 3 heteroatoms. The fourth-order valence-corrected chi connectivity index (χ4v) is 3.22. The maximum absolute atomic E-state index is 6.38. The lowest BCUT2D eigenvalue weighted by molar-refractivity contribution is 0.150. The minimum Gasteiger partial charge on any atom is -0.487 e. The quantitative estimate of drug-likeness (QED) is 0.869. The van der Waals surface area contributed by atoms with E-state index in [1.807, 2.05) is 26.1 Å². The first kappa shape index (κ1) is 14.3. The summed E-state index contributed by atoms with van der Waals surface area (Å²) < 4.78 is 6.38. The molecule has 2 aromatic rings. The lowest BCUT2D eigenvalue weighted by Gasteiger charge is -2.26. The van der Waals surface area contributed by atoms with Crippen LogP contribution in [0.5, 0.6) is 5.75 Å². The molecule has 112 valence electrons. The predicted octanol–water partition coefficient (Wildman–Crippen LogP) is 3.84. The average molecular weight is 284 g/mol. The van der Waals surface area contributed by atoms with Gasteiger partial charge in [-0.3, -0.25) is 0 Å². The Labute approximate surface area is 126 Å².